The van der Waals surface area contributed by atoms with Crippen LogP contribution in [-0.4, -0.2) is 28.8 Å². The summed E-state index contributed by atoms with van der Waals surface area (Å²) in [4.78, 5) is 10.2. The number of nitrogens with zero attached hydrogens (tertiary/aromatic N) is 3. The highest BCUT2D eigenvalue weighted by atomic mass is 32.2. The molecule has 7 nitrogen and oxygen atoms in total. The highest BCUT2D eigenvalue weighted by molar-refractivity contribution is 7.89. The summed E-state index contributed by atoms with van der Waals surface area (Å²) in [6, 6.07) is 13.8. The van der Waals surface area contributed by atoms with E-state index in [4.69, 9.17) is 0 Å². The van der Waals surface area contributed by atoms with Crippen molar-refractivity contribution in [2.75, 3.05) is 6.54 Å². The van der Waals surface area contributed by atoms with Crippen molar-refractivity contribution in [2.24, 2.45) is 0 Å². The lowest BCUT2D eigenvalue weighted by Gasteiger charge is -2.36. The average molecular weight is 401 g/mol. The second-order valence-corrected chi connectivity index (χ2v) is 8.25. The molecule has 4 rings (SSSR count). The van der Waals surface area contributed by atoms with Crippen molar-refractivity contribution in [3.63, 3.8) is 0 Å². The van der Waals surface area contributed by atoms with Gasteiger partial charge in [-0.05, 0) is 24.3 Å². The van der Waals surface area contributed by atoms with Gasteiger partial charge < -0.3 is 4.57 Å². The van der Waals surface area contributed by atoms with Crippen LogP contribution >= 0.6 is 0 Å². The molecule has 0 saturated carbocycles. The normalized spacial score (nSPS) is 17.2. The van der Waals surface area contributed by atoms with Crippen LogP contribution in [-0.2, 0) is 16.6 Å². The monoisotopic (exact) mass is 401 g/mol. The van der Waals surface area contributed by atoms with Crippen molar-refractivity contribution < 1.29 is 17.7 Å². The molecule has 0 unspecified atom stereocenters. The van der Waals surface area contributed by atoms with Crippen LogP contribution in [0.5, 0.6) is 0 Å². The van der Waals surface area contributed by atoms with Gasteiger partial charge in [0.2, 0.25) is 0 Å². The van der Waals surface area contributed by atoms with Crippen LogP contribution < -0.4 is 0 Å². The van der Waals surface area contributed by atoms with Gasteiger partial charge in [0.1, 0.15) is 5.82 Å². The molecule has 1 aliphatic rings. The Labute approximate surface area is 160 Å². The van der Waals surface area contributed by atoms with E-state index in [1.165, 1.54) is 36.4 Å². The highest BCUT2D eigenvalue weighted by Crippen LogP contribution is 2.39. The van der Waals surface area contributed by atoms with Gasteiger partial charge in [0, 0.05) is 36.6 Å². The Bertz CT molecular complexity index is 1160. The molecule has 0 aliphatic carbocycles. The Balaban J connectivity index is 1.91. The van der Waals surface area contributed by atoms with Crippen LogP contribution in [0.4, 0.5) is 10.1 Å². The molecule has 2 heterocycles. The predicted molar refractivity (Wildman–Crippen MR) is 99.7 cm³/mol. The van der Waals surface area contributed by atoms with Crippen molar-refractivity contribution >= 4 is 15.7 Å². The number of nitro benzene ring substituents is 1. The standard InChI is InChI=1S/C19H16FN3O4S/c20-15-7-2-1-6-14(15)19-17-9-5-11-21(17)12-13-22(19)28(26,27)18-10-4-3-8-16(18)23(24)25/h1-11,19H,12-13H2/t19-/m0/s1. The molecule has 0 bridgehead atoms. The van der Waals surface area contributed by atoms with Crippen LogP contribution in [0.1, 0.15) is 17.3 Å². The number of aromatic nitrogens is 1. The third kappa shape index (κ3) is 2.88. The zero-order chi connectivity index (χ0) is 19.9. The maximum atomic E-state index is 14.6. The quantitative estimate of drug-likeness (QED) is 0.496. The number of benzene rings is 2. The topological polar surface area (TPSA) is 85.4 Å². The molecule has 9 heteroatoms. The fraction of sp³-hybridized carbons (Fsp3) is 0.158. The van der Waals surface area contributed by atoms with Crippen LogP contribution in [0.15, 0.2) is 71.8 Å². The summed E-state index contributed by atoms with van der Waals surface area (Å²) >= 11 is 0. The summed E-state index contributed by atoms with van der Waals surface area (Å²) in [5.41, 5.74) is 0.304. The van der Waals surface area contributed by atoms with E-state index in [9.17, 15) is 22.9 Å². The molecular weight excluding hydrogens is 385 g/mol. The van der Waals surface area contributed by atoms with Gasteiger partial charge in [-0.2, -0.15) is 4.31 Å². The Kier molecular flexibility index (Phi) is 4.48. The van der Waals surface area contributed by atoms with E-state index in [2.05, 4.69) is 0 Å². The van der Waals surface area contributed by atoms with Crippen molar-refractivity contribution in [2.45, 2.75) is 17.5 Å². The lowest BCUT2D eigenvalue weighted by atomic mass is 10.0. The number of sulfonamides is 1. The highest BCUT2D eigenvalue weighted by Gasteiger charge is 2.41. The van der Waals surface area contributed by atoms with Gasteiger partial charge in [-0.1, -0.05) is 30.3 Å². The van der Waals surface area contributed by atoms with Crippen LogP contribution in [0, 0.1) is 15.9 Å². The van der Waals surface area contributed by atoms with Gasteiger partial charge in [-0.15, -0.1) is 0 Å². The molecule has 28 heavy (non-hydrogen) atoms. The molecule has 144 valence electrons. The zero-order valence-electron chi connectivity index (χ0n) is 14.6. The van der Waals surface area contributed by atoms with E-state index < -0.39 is 37.4 Å². The minimum absolute atomic E-state index is 0.0645. The van der Waals surface area contributed by atoms with Crippen LogP contribution in [0.2, 0.25) is 0 Å². The molecule has 0 N–H and O–H groups in total. The van der Waals surface area contributed by atoms with E-state index >= 15 is 0 Å². The number of nitro groups is 1. The smallest absolute Gasteiger partial charge is 0.289 e. The molecule has 3 aromatic rings. The molecule has 0 spiro atoms. The van der Waals surface area contributed by atoms with Gasteiger partial charge in [-0.3, -0.25) is 10.1 Å². The van der Waals surface area contributed by atoms with Crippen LogP contribution in [0.25, 0.3) is 0 Å². The van der Waals surface area contributed by atoms with Gasteiger partial charge in [0.15, 0.2) is 4.90 Å². The summed E-state index contributed by atoms with van der Waals surface area (Å²) in [6.45, 7) is 0.433. The molecule has 0 radical (unpaired) electrons. The fourth-order valence-corrected chi connectivity index (χ4v) is 5.32. The number of halogens is 1. The van der Waals surface area contributed by atoms with Gasteiger partial charge in [0.05, 0.1) is 11.0 Å². The number of rotatable bonds is 4. The number of fused-ring (bicyclic) bond motifs is 1. The third-order valence-corrected chi connectivity index (χ3v) is 6.75. The molecule has 2 aromatic carbocycles. The molecule has 0 amide bonds. The van der Waals surface area contributed by atoms with Crippen LogP contribution in [0.3, 0.4) is 0 Å². The summed E-state index contributed by atoms with van der Waals surface area (Å²) in [5.74, 6) is -0.537. The first-order valence-electron chi connectivity index (χ1n) is 8.56. The van der Waals surface area contributed by atoms with Gasteiger partial charge in [-0.25, -0.2) is 12.8 Å². The Hall–Kier alpha value is -3.04. The lowest BCUT2D eigenvalue weighted by Crippen LogP contribution is -2.42. The summed E-state index contributed by atoms with van der Waals surface area (Å²) in [7, 11) is -4.26. The van der Waals surface area contributed by atoms with E-state index in [0.717, 1.165) is 10.4 Å². The van der Waals surface area contributed by atoms with Crippen molar-refractivity contribution in [1.82, 2.24) is 8.87 Å². The number of hydrogen-bond acceptors (Lipinski definition) is 4. The fourth-order valence-electron chi connectivity index (χ4n) is 3.58. The van der Waals surface area contributed by atoms with Gasteiger partial charge in [0.25, 0.3) is 15.7 Å². The van der Waals surface area contributed by atoms with E-state index in [1.807, 2.05) is 4.57 Å². The molecule has 1 atom stereocenters. The Morgan fingerprint density at radius 3 is 2.46 bits per heavy atom. The molecule has 0 fully saturated rings. The summed E-state index contributed by atoms with van der Waals surface area (Å²) in [6.07, 6.45) is 1.80. The van der Waals surface area contributed by atoms with Crippen molar-refractivity contribution in [3.8, 4) is 0 Å². The SMILES string of the molecule is O=[N+]([O-])c1ccccc1S(=O)(=O)N1CCn2cccc2[C@@H]1c1ccccc1F. The first-order valence-corrected chi connectivity index (χ1v) is 10.00. The van der Waals surface area contributed by atoms with Gasteiger partial charge >= 0.3 is 0 Å². The largest absolute Gasteiger partial charge is 0.348 e. The second kappa shape index (κ2) is 6.84. The number of hydrogen-bond donors (Lipinski definition) is 0. The molecule has 1 aliphatic heterocycles. The summed E-state index contributed by atoms with van der Waals surface area (Å²) in [5, 5.41) is 11.4. The Morgan fingerprint density at radius 2 is 1.71 bits per heavy atom. The van der Waals surface area contributed by atoms with Crippen molar-refractivity contribution in [3.05, 3.63) is 94.0 Å². The molecule has 1 aromatic heterocycles. The average Bonchev–Trinajstić information content (AvgIpc) is 3.16. The number of para-hydroxylation sites is 1. The summed E-state index contributed by atoms with van der Waals surface area (Å²) < 4.78 is 44.5. The third-order valence-electron chi connectivity index (χ3n) is 4.84. The second-order valence-electron chi connectivity index (χ2n) is 6.39. The lowest BCUT2D eigenvalue weighted by molar-refractivity contribution is -0.387. The van der Waals surface area contributed by atoms with Crippen molar-refractivity contribution in [1.29, 1.82) is 0 Å². The van der Waals surface area contributed by atoms with E-state index in [1.54, 1.807) is 24.4 Å². The minimum atomic E-state index is -4.26. The first kappa shape index (κ1) is 18.3. The predicted octanol–water partition coefficient (Wildman–Crippen LogP) is 3.33. The Morgan fingerprint density at radius 1 is 1.00 bits per heavy atom. The molecular formula is C19H16FN3O4S. The maximum absolute atomic E-state index is 14.6. The van der Waals surface area contributed by atoms with E-state index in [0.29, 0.717) is 12.2 Å². The molecule has 0 saturated heterocycles. The zero-order valence-corrected chi connectivity index (χ0v) is 15.4. The van der Waals surface area contributed by atoms with E-state index in [-0.39, 0.29) is 12.1 Å². The minimum Gasteiger partial charge on any atom is -0.348 e. The maximum Gasteiger partial charge on any atom is 0.289 e. The first-order chi connectivity index (χ1) is 13.4.